The number of benzene rings is 1. The molecule has 1 amide bonds. The van der Waals surface area contributed by atoms with Crippen molar-refractivity contribution in [2.45, 2.75) is 49.1 Å². The Balaban J connectivity index is 2.02. The molecule has 0 saturated heterocycles. The van der Waals surface area contributed by atoms with E-state index in [1.54, 1.807) is 11.8 Å². The van der Waals surface area contributed by atoms with Crippen LogP contribution in [0.3, 0.4) is 0 Å². The Bertz CT molecular complexity index is 600. The standard InChI is InChI=1S/C16H21N3OS2/c1-4-11(3)21-16-19-18-15(22-16)17-14(20)13(5-2)12-9-7-6-8-10-12/h6-11,13H,4-5H2,1-3H3,(H,17,18,20). The maximum atomic E-state index is 12.5. The first-order valence-electron chi connectivity index (χ1n) is 7.50. The summed E-state index contributed by atoms with van der Waals surface area (Å²) in [6.45, 7) is 6.32. The second kappa shape index (κ2) is 8.29. The molecule has 0 aliphatic carbocycles. The number of nitrogens with one attached hydrogen (secondary N) is 1. The molecule has 22 heavy (non-hydrogen) atoms. The van der Waals surface area contributed by atoms with E-state index in [0.717, 1.165) is 22.7 Å². The topological polar surface area (TPSA) is 54.9 Å². The minimum atomic E-state index is -0.157. The van der Waals surface area contributed by atoms with Crippen LogP contribution in [0.4, 0.5) is 5.13 Å². The van der Waals surface area contributed by atoms with Gasteiger partial charge in [0.25, 0.3) is 0 Å². The molecule has 0 aliphatic rings. The van der Waals surface area contributed by atoms with E-state index in [1.807, 2.05) is 37.3 Å². The summed E-state index contributed by atoms with van der Waals surface area (Å²) in [5, 5.41) is 12.2. The zero-order chi connectivity index (χ0) is 15.9. The average Bonchev–Trinajstić information content (AvgIpc) is 2.96. The summed E-state index contributed by atoms with van der Waals surface area (Å²) in [7, 11) is 0. The number of carbonyl (C=O) groups excluding carboxylic acids is 1. The molecule has 1 aromatic heterocycles. The Morgan fingerprint density at radius 2 is 1.95 bits per heavy atom. The quantitative estimate of drug-likeness (QED) is 0.595. The number of hydrogen-bond donors (Lipinski definition) is 1. The first-order valence-corrected chi connectivity index (χ1v) is 9.19. The van der Waals surface area contributed by atoms with Gasteiger partial charge in [-0.3, -0.25) is 10.1 Å². The van der Waals surface area contributed by atoms with Crippen LogP contribution in [0, 0.1) is 0 Å². The van der Waals surface area contributed by atoms with Gasteiger partial charge in [-0.1, -0.05) is 74.2 Å². The highest BCUT2D eigenvalue weighted by Gasteiger charge is 2.20. The van der Waals surface area contributed by atoms with Crippen molar-refractivity contribution in [3.05, 3.63) is 35.9 Å². The summed E-state index contributed by atoms with van der Waals surface area (Å²) in [4.78, 5) is 12.5. The lowest BCUT2D eigenvalue weighted by atomic mass is 9.96. The van der Waals surface area contributed by atoms with Gasteiger partial charge in [0.1, 0.15) is 0 Å². The predicted octanol–water partition coefficient (Wildman–Crippen LogP) is 4.56. The summed E-state index contributed by atoms with van der Waals surface area (Å²) in [6.07, 6.45) is 1.83. The first kappa shape index (κ1) is 17.0. The highest BCUT2D eigenvalue weighted by Crippen LogP contribution is 2.30. The Hall–Kier alpha value is -1.40. The summed E-state index contributed by atoms with van der Waals surface area (Å²) in [5.74, 6) is -0.180. The van der Waals surface area contributed by atoms with E-state index in [-0.39, 0.29) is 11.8 Å². The van der Waals surface area contributed by atoms with E-state index in [0.29, 0.717) is 10.4 Å². The van der Waals surface area contributed by atoms with Gasteiger partial charge in [0, 0.05) is 5.25 Å². The smallest absolute Gasteiger partial charge is 0.233 e. The number of amides is 1. The van der Waals surface area contributed by atoms with Gasteiger partial charge in [0.2, 0.25) is 11.0 Å². The Morgan fingerprint density at radius 1 is 1.23 bits per heavy atom. The summed E-state index contributed by atoms with van der Waals surface area (Å²) in [5.41, 5.74) is 1.03. The second-order valence-electron chi connectivity index (χ2n) is 5.07. The van der Waals surface area contributed by atoms with Crippen LogP contribution >= 0.6 is 23.1 Å². The molecule has 0 saturated carbocycles. The normalized spacial score (nSPS) is 13.6. The Labute approximate surface area is 139 Å². The molecule has 1 N–H and O–H groups in total. The van der Waals surface area contributed by atoms with Crippen molar-refractivity contribution in [1.82, 2.24) is 10.2 Å². The van der Waals surface area contributed by atoms with Crippen molar-refractivity contribution in [3.63, 3.8) is 0 Å². The summed E-state index contributed by atoms with van der Waals surface area (Å²) < 4.78 is 0.900. The number of rotatable bonds is 7. The average molecular weight is 335 g/mol. The first-order chi connectivity index (χ1) is 10.6. The van der Waals surface area contributed by atoms with Gasteiger partial charge in [0.15, 0.2) is 4.34 Å². The minimum Gasteiger partial charge on any atom is -0.300 e. The Kier molecular flexibility index (Phi) is 6.39. The minimum absolute atomic E-state index is 0.0232. The van der Waals surface area contributed by atoms with Gasteiger partial charge >= 0.3 is 0 Å². The van der Waals surface area contributed by atoms with Crippen molar-refractivity contribution >= 4 is 34.1 Å². The zero-order valence-electron chi connectivity index (χ0n) is 13.1. The Morgan fingerprint density at radius 3 is 2.59 bits per heavy atom. The van der Waals surface area contributed by atoms with Crippen LogP contribution in [0.1, 0.15) is 45.1 Å². The number of hydrogen-bond acceptors (Lipinski definition) is 5. The van der Waals surface area contributed by atoms with Gasteiger partial charge in [-0.05, 0) is 18.4 Å². The van der Waals surface area contributed by atoms with Gasteiger partial charge in [-0.15, -0.1) is 10.2 Å². The van der Waals surface area contributed by atoms with Crippen LogP contribution in [0.5, 0.6) is 0 Å². The molecule has 2 atom stereocenters. The van der Waals surface area contributed by atoms with Crippen molar-refractivity contribution in [2.24, 2.45) is 0 Å². The van der Waals surface area contributed by atoms with Crippen LogP contribution in [0.25, 0.3) is 0 Å². The molecule has 0 radical (unpaired) electrons. The molecule has 0 bridgehead atoms. The highest BCUT2D eigenvalue weighted by atomic mass is 32.2. The van der Waals surface area contributed by atoms with Gasteiger partial charge in [0.05, 0.1) is 5.92 Å². The van der Waals surface area contributed by atoms with Gasteiger partial charge in [-0.2, -0.15) is 0 Å². The third-order valence-electron chi connectivity index (χ3n) is 3.44. The molecular weight excluding hydrogens is 314 g/mol. The molecule has 1 heterocycles. The number of aromatic nitrogens is 2. The van der Waals surface area contributed by atoms with E-state index >= 15 is 0 Å². The van der Waals surface area contributed by atoms with E-state index in [4.69, 9.17) is 0 Å². The van der Waals surface area contributed by atoms with Crippen LogP contribution < -0.4 is 5.32 Å². The van der Waals surface area contributed by atoms with Gasteiger partial charge in [-0.25, -0.2) is 0 Å². The number of carbonyl (C=O) groups is 1. The third-order valence-corrected chi connectivity index (χ3v) is 5.63. The van der Waals surface area contributed by atoms with E-state index < -0.39 is 0 Å². The van der Waals surface area contributed by atoms with Crippen molar-refractivity contribution in [1.29, 1.82) is 0 Å². The fraction of sp³-hybridized carbons (Fsp3) is 0.438. The molecule has 6 heteroatoms. The number of nitrogens with zero attached hydrogens (tertiary/aromatic N) is 2. The maximum Gasteiger partial charge on any atom is 0.233 e. The monoisotopic (exact) mass is 335 g/mol. The lowest BCUT2D eigenvalue weighted by Crippen LogP contribution is -2.20. The highest BCUT2D eigenvalue weighted by molar-refractivity contribution is 8.01. The lowest BCUT2D eigenvalue weighted by molar-refractivity contribution is -0.117. The van der Waals surface area contributed by atoms with Crippen molar-refractivity contribution in [2.75, 3.05) is 5.32 Å². The second-order valence-corrected chi connectivity index (χ2v) is 7.73. The molecule has 2 aromatic rings. The largest absolute Gasteiger partial charge is 0.300 e. The molecule has 2 unspecified atom stereocenters. The summed E-state index contributed by atoms with van der Waals surface area (Å²) in [6, 6.07) is 9.83. The van der Waals surface area contributed by atoms with Crippen LogP contribution in [0.15, 0.2) is 34.7 Å². The summed E-state index contributed by atoms with van der Waals surface area (Å²) >= 11 is 3.13. The number of thioether (sulfide) groups is 1. The molecule has 0 fully saturated rings. The predicted molar refractivity (Wildman–Crippen MR) is 93.6 cm³/mol. The molecule has 1 aromatic carbocycles. The zero-order valence-corrected chi connectivity index (χ0v) is 14.7. The lowest BCUT2D eigenvalue weighted by Gasteiger charge is -2.13. The van der Waals surface area contributed by atoms with Crippen LogP contribution in [-0.2, 0) is 4.79 Å². The number of anilines is 1. The fourth-order valence-electron chi connectivity index (χ4n) is 2.01. The van der Waals surface area contributed by atoms with Crippen molar-refractivity contribution in [3.8, 4) is 0 Å². The van der Waals surface area contributed by atoms with Crippen LogP contribution in [-0.4, -0.2) is 21.4 Å². The third kappa shape index (κ3) is 4.55. The van der Waals surface area contributed by atoms with E-state index in [9.17, 15) is 4.79 Å². The fourth-order valence-corrected chi connectivity index (χ4v) is 4.01. The van der Waals surface area contributed by atoms with E-state index in [2.05, 4.69) is 29.4 Å². The molecular formula is C16H21N3OS2. The molecule has 2 rings (SSSR count). The van der Waals surface area contributed by atoms with Gasteiger partial charge < -0.3 is 0 Å². The van der Waals surface area contributed by atoms with Crippen LogP contribution in [0.2, 0.25) is 0 Å². The SMILES string of the molecule is CCC(C)Sc1nnc(NC(=O)C(CC)c2ccccc2)s1. The molecule has 4 nitrogen and oxygen atoms in total. The van der Waals surface area contributed by atoms with E-state index in [1.165, 1.54) is 11.3 Å². The maximum absolute atomic E-state index is 12.5. The molecule has 0 spiro atoms. The molecule has 0 aliphatic heterocycles. The van der Waals surface area contributed by atoms with Crippen molar-refractivity contribution < 1.29 is 4.79 Å². The molecule has 118 valence electrons.